The van der Waals surface area contributed by atoms with Crippen LogP contribution >= 0.6 is 0 Å². The predicted molar refractivity (Wildman–Crippen MR) is 96.9 cm³/mol. The third kappa shape index (κ3) is 18.5. The topological polar surface area (TPSA) is 55.1 Å². The lowest BCUT2D eigenvalue weighted by Gasteiger charge is -2.01. The number of primary amides is 1. The van der Waals surface area contributed by atoms with Crippen molar-refractivity contribution in [2.75, 3.05) is 6.54 Å². The van der Waals surface area contributed by atoms with E-state index in [1.165, 1.54) is 38.5 Å². The maximum Gasteiger partial charge on any atom is 0.312 e. The summed E-state index contributed by atoms with van der Waals surface area (Å²) >= 11 is 0. The quantitative estimate of drug-likeness (QED) is 0.334. The highest BCUT2D eigenvalue weighted by Gasteiger charge is 1.92. The van der Waals surface area contributed by atoms with Gasteiger partial charge < -0.3 is 11.1 Å². The molecule has 0 aliphatic heterocycles. The Balaban J connectivity index is 3.20. The molecule has 0 radical (unpaired) electrons. The van der Waals surface area contributed by atoms with Crippen LogP contribution < -0.4 is 11.1 Å². The van der Waals surface area contributed by atoms with Gasteiger partial charge in [-0.2, -0.15) is 0 Å². The normalized spacial score (nSPS) is 11.9. The van der Waals surface area contributed by atoms with E-state index in [0.29, 0.717) is 6.54 Å². The van der Waals surface area contributed by atoms with E-state index in [1.807, 2.05) is 0 Å². The maximum absolute atomic E-state index is 10.5. The first-order valence-electron chi connectivity index (χ1n) is 8.75. The van der Waals surface area contributed by atoms with E-state index in [1.54, 1.807) is 0 Å². The molecule has 0 saturated heterocycles. The minimum atomic E-state index is -0.418. The molecule has 0 aliphatic carbocycles. The molecule has 0 aliphatic rings. The van der Waals surface area contributed by atoms with Crippen LogP contribution in [0.25, 0.3) is 0 Å². The van der Waals surface area contributed by atoms with Crippen LogP contribution in [-0.4, -0.2) is 12.6 Å². The second-order valence-corrected chi connectivity index (χ2v) is 5.49. The second-order valence-electron chi connectivity index (χ2n) is 5.49. The summed E-state index contributed by atoms with van der Waals surface area (Å²) in [5.41, 5.74) is 5.00. The first-order valence-corrected chi connectivity index (χ1v) is 8.75. The monoisotopic (exact) mass is 306 g/mol. The summed E-state index contributed by atoms with van der Waals surface area (Å²) in [6, 6.07) is -0.418. The van der Waals surface area contributed by atoms with Crippen LogP contribution in [0.5, 0.6) is 0 Å². The molecule has 2 amide bonds. The van der Waals surface area contributed by atoms with Crippen molar-refractivity contribution in [2.45, 2.75) is 71.1 Å². The molecule has 0 spiro atoms. The zero-order valence-electron chi connectivity index (χ0n) is 14.2. The van der Waals surface area contributed by atoms with Crippen LogP contribution in [-0.2, 0) is 0 Å². The van der Waals surface area contributed by atoms with E-state index in [-0.39, 0.29) is 0 Å². The van der Waals surface area contributed by atoms with E-state index in [2.05, 4.69) is 48.7 Å². The average molecular weight is 306 g/mol. The molecule has 22 heavy (non-hydrogen) atoms. The number of nitrogens with two attached hydrogens (primary N) is 1. The summed E-state index contributed by atoms with van der Waals surface area (Å²) in [5.74, 6) is 0. The van der Waals surface area contributed by atoms with Crippen LogP contribution in [0.3, 0.4) is 0 Å². The lowest BCUT2D eigenvalue weighted by atomic mass is 10.1. The number of amides is 2. The molecule has 0 bridgehead atoms. The van der Waals surface area contributed by atoms with Gasteiger partial charge in [0.1, 0.15) is 0 Å². The Morgan fingerprint density at radius 3 is 2.00 bits per heavy atom. The van der Waals surface area contributed by atoms with Crippen molar-refractivity contribution in [2.24, 2.45) is 5.73 Å². The van der Waals surface area contributed by atoms with Gasteiger partial charge in [0.05, 0.1) is 0 Å². The largest absolute Gasteiger partial charge is 0.352 e. The van der Waals surface area contributed by atoms with Crippen LogP contribution in [0.1, 0.15) is 71.1 Å². The van der Waals surface area contributed by atoms with Crippen molar-refractivity contribution in [3.05, 3.63) is 36.5 Å². The smallest absolute Gasteiger partial charge is 0.312 e. The Kier molecular flexibility index (Phi) is 16.3. The fourth-order valence-electron chi connectivity index (χ4n) is 2.13. The minimum Gasteiger partial charge on any atom is -0.352 e. The number of unbranched alkanes of at least 4 members (excludes halogenated alkanes) is 6. The van der Waals surface area contributed by atoms with Gasteiger partial charge in [-0.05, 0) is 38.5 Å². The molecule has 3 N–H and O–H groups in total. The molecule has 0 aromatic rings. The molecule has 0 aromatic carbocycles. The Hall–Kier alpha value is -1.51. The summed E-state index contributed by atoms with van der Waals surface area (Å²) in [6.45, 7) is 2.87. The fourth-order valence-corrected chi connectivity index (χ4v) is 2.13. The van der Waals surface area contributed by atoms with Crippen LogP contribution in [0.4, 0.5) is 4.79 Å². The molecule has 0 fully saturated rings. The van der Waals surface area contributed by atoms with E-state index < -0.39 is 6.03 Å². The lowest BCUT2D eigenvalue weighted by molar-refractivity contribution is 0.248. The maximum atomic E-state index is 10.5. The number of hydrogen-bond acceptors (Lipinski definition) is 1. The summed E-state index contributed by atoms with van der Waals surface area (Å²) in [4.78, 5) is 10.5. The van der Waals surface area contributed by atoms with Gasteiger partial charge in [0, 0.05) is 6.54 Å². The first-order chi connectivity index (χ1) is 10.8. The zero-order valence-corrected chi connectivity index (χ0v) is 14.2. The van der Waals surface area contributed by atoms with Crippen LogP contribution in [0.15, 0.2) is 36.5 Å². The van der Waals surface area contributed by atoms with E-state index in [9.17, 15) is 4.79 Å². The molecular formula is C19H34N2O. The molecule has 126 valence electrons. The van der Waals surface area contributed by atoms with Gasteiger partial charge >= 0.3 is 6.03 Å². The Labute approximate surface area is 136 Å². The summed E-state index contributed by atoms with van der Waals surface area (Å²) < 4.78 is 0. The van der Waals surface area contributed by atoms with Gasteiger partial charge in [0.25, 0.3) is 0 Å². The summed E-state index contributed by atoms with van der Waals surface area (Å²) in [7, 11) is 0. The Morgan fingerprint density at radius 2 is 1.36 bits per heavy atom. The van der Waals surface area contributed by atoms with Crippen molar-refractivity contribution in [3.63, 3.8) is 0 Å². The molecule has 0 heterocycles. The molecular weight excluding hydrogens is 272 g/mol. The molecule has 0 saturated carbocycles. The van der Waals surface area contributed by atoms with Gasteiger partial charge in [0.15, 0.2) is 0 Å². The molecule has 0 aromatic heterocycles. The minimum absolute atomic E-state index is 0.418. The van der Waals surface area contributed by atoms with Crippen molar-refractivity contribution >= 4 is 6.03 Å². The first kappa shape index (κ1) is 20.5. The number of urea groups is 1. The third-order valence-electron chi connectivity index (χ3n) is 3.38. The third-order valence-corrected chi connectivity index (χ3v) is 3.38. The van der Waals surface area contributed by atoms with Gasteiger partial charge in [-0.3, -0.25) is 0 Å². The second kappa shape index (κ2) is 17.5. The lowest BCUT2D eigenvalue weighted by Crippen LogP contribution is -2.29. The van der Waals surface area contributed by atoms with Crippen molar-refractivity contribution in [1.29, 1.82) is 0 Å². The number of rotatable bonds is 14. The average Bonchev–Trinajstić information content (AvgIpc) is 2.50. The number of nitrogens with one attached hydrogen (secondary N) is 1. The van der Waals surface area contributed by atoms with E-state index in [4.69, 9.17) is 5.73 Å². The van der Waals surface area contributed by atoms with Gasteiger partial charge in [-0.15, -0.1) is 0 Å². The number of allylic oxidation sites excluding steroid dienone is 6. The highest BCUT2D eigenvalue weighted by Crippen LogP contribution is 2.07. The van der Waals surface area contributed by atoms with Crippen molar-refractivity contribution < 1.29 is 4.79 Å². The SMILES string of the molecule is CC/C=C\C/C=C\C/C=C\CCCCCCCCNC(N)=O. The fraction of sp³-hybridized carbons (Fsp3) is 0.632. The standard InChI is InChI=1S/C19H34N2O/c1-2-3-4-5-6-7-8-9-10-11-12-13-14-15-16-17-18-21-19(20)22/h3-4,6-7,9-10H,2,5,8,11-18H2,1H3,(H3,20,21,22)/b4-3-,7-6-,10-9-. The van der Waals surface area contributed by atoms with Crippen molar-refractivity contribution in [3.8, 4) is 0 Å². The Bertz CT molecular complexity index is 332. The molecule has 0 rings (SSSR count). The highest BCUT2D eigenvalue weighted by atomic mass is 16.2. The van der Waals surface area contributed by atoms with E-state index >= 15 is 0 Å². The molecule has 0 atom stereocenters. The van der Waals surface area contributed by atoms with Gasteiger partial charge in [0.2, 0.25) is 0 Å². The summed E-state index contributed by atoms with van der Waals surface area (Å²) in [5, 5.41) is 2.62. The van der Waals surface area contributed by atoms with Crippen molar-refractivity contribution in [1.82, 2.24) is 5.32 Å². The number of carbonyl (C=O) groups excluding carboxylic acids is 1. The number of hydrogen-bond donors (Lipinski definition) is 2. The van der Waals surface area contributed by atoms with Gasteiger partial charge in [-0.1, -0.05) is 69.1 Å². The molecule has 0 unspecified atom stereocenters. The van der Waals surface area contributed by atoms with Gasteiger partial charge in [-0.25, -0.2) is 4.79 Å². The molecule has 3 heteroatoms. The Morgan fingerprint density at radius 1 is 0.818 bits per heavy atom. The van der Waals surface area contributed by atoms with Crippen LogP contribution in [0, 0.1) is 0 Å². The summed E-state index contributed by atoms with van der Waals surface area (Å²) in [6.07, 6.45) is 25.2. The predicted octanol–water partition coefficient (Wildman–Crippen LogP) is 5.24. The van der Waals surface area contributed by atoms with Crippen LogP contribution in [0.2, 0.25) is 0 Å². The zero-order chi connectivity index (χ0) is 16.3. The highest BCUT2D eigenvalue weighted by molar-refractivity contribution is 5.71. The molecule has 3 nitrogen and oxygen atoms in total. The van der Waals surface area contributed by atoms with E-state index in [0.717, 1.165) is 25.7 Å². The number of carbonyl (C=O) groups is 1.